The molecule has 11 heteroatoms. The molecule has 0 spiro atoms. The number of carbonyl (C=O) groups excluding carboxylic acids is 3. The van der Waals surface area contributed by atoms with Gasteiger partial charge in [0.2, 0.25) is 0 Å². The van der Waals surface area contributed by atoms with Gasteiger partial charge in [-0.2, -0.15) is 10.2 Å². The summed E-state index contributed by atoms with van der Waals surface area (Å²) in [7, 11) is 0. The lowest BCUT2D eigenvalue weighted by Crippen LogP contribution is -2.52. The number of nitriles is 1. The van der Waals surface area contributed by atoms with E-state index in [0.29, 0.717) is 0 Å². The summed E-state index contributed by atoms with van der Waals surface area (Å²) in [4.78, 5) is 53.7. The topological polar surface area (TPSA) is 164 Å². The predicted octanol–water partition coefficient (Wildman–Crippen LogP) is 1.40. The summed E-state index contributed by atoms with van der Waals surface area (Å²) in [5, 5.41) is 10.3. The molecule has 1 aliphatic rings. The van der Waals surface area contributed by atoms with Gasteiger partial charge < -0.3 is 19.9 Å². The Morgan fingerprint density at radius 1 is 1.12 bits per heavy atom. The number of ether oxygens (including phenoxy) is 3. The van der Waals surface area contributed by atoms with Crippen molar-refractivity contribution >= 4 is 23.7 Å². The summed E-state index contributed by atoms with van der Waals surface area (Å²) < 4.78 is 17.8. The van der Waals surface area contributed by atoms with Crippen LogP contribution < -0.4 is 11.4 Å². The Morgan fingerprint density at radius 3 is 2.18 bits per heavy atom. The van der Waals surface area contributed by atoms with Crippen LogP contribution in [-0.4, -0.2) is 46.3 Å². The van der Waals surface area contributed by atoms with Gasteiger partial charge in [-0.15, -0.1) is 0 Å². The minimum absolute atomic E-state index is 0.0479. The van der Waals surface area contributed by atoms with Gasteiger partial charge in [-0.25, -0.2) is 4.79 Å². The lowest BCUT2D eigenvalue weighted by atomic mass is 9.95. The van der Waals surface area contributed by atoms with Crippen LogP contribution in [0.1, 0.15) is 48.0 Å². The fourth-order valence-corrected chi connectivity index (χ4v) is 3.63. The van der Waals surface area contributed by atoms with Crippen molar-refractivity contribution in [2.24, 2.45) is 23.7 Å². The first-order valence-corrected chi connectivity index (χ1v) is 11.2. The maximum absolute atomic E-state index is 12.7. The Bertz CT molecular complexity index is 1030. The van der Waals surface area contributed by atoms with E-state index in [-0.39, 0.29) is 18.8 Å². The SMILES string of the molecule is CC(C)C(=O)OC[C@H]1C[C@@](C#N)(n2ccc(N)nc2=O)C(OC(=O)C(C)C)C1OC(=O)C(C)C. The number of anilines is 1. The van der Waals surface area contributed by atoms with Crippen LogP contribution in [0.2, 0.25) is 0 Å². The Morgan fingerprint density at radius 2 is 1.68 bits per heavy atom. The Labute approximate surface area is 198 Å². The van der Waals surface area contributed by atoms with Crippen LogP contribution in [0.15, 0.2) is 17.1 Å². The number of nitrogens with zero attached hydrogens (tertiary/aromatic N) is 3. The third kappa shape index (κ3) is 5.55. The van der Waals surface area contributed by atoms with E-state index < -0.39 is 65.0 Å². The molecule has 11 nitrogen and oxygen atoms in total. The zero-order valence-corrected chi connectivity index (χ0v) is 20.3. The molecule has 0 amide bonds. The second kappa shape index (κ2) is 10.7. The zero-order chi connectivity index (χ0) is 25.8. The van der Waals surface area contributed by atoms with E-state index in [4.69, 9.17) is 19.9 Å². The van der Waals surface area contributed by atoms with Crippen LogP contribution in [0, 0.1) is 35.0 Å². The Balaban J connectivity index is 2.64. The molecule has 4 atom stereocenters. The van der Waals surface area contributed by atoms with Crippen LogP contribution in [0.3, 0.4) is 0 Å². The molecule has 1 fully saturated rings. The molecule has 186 valence electrons. The van der Waals surface area contributed by atoms with Crippen molar-refractivity contribution in [3.8, 4) is 6.07 Å². The maximum Gasteiger partial charge on any atom is 0.350 e. The van der Waals surface area contributed by atoms with E-state index in [1.54, 1.807) is 41.5 Å². The standard InChI is InChI=1S/C23H32N4O7/c1-12(2)19(28)32-10-15-9-23(11-24,27-8-7-16(25)26-22(27)31)18(34-21(30)14(5)6)17(15)33-20(29)13(3)4/h7-8,12-15,17-18H,9-10H2,1-6H3,(H2,25,26,31)/t15-,17?,18?,23+/m1/s1. The molecule has 0 aromatic carbocycles. The van der Waals surface area contributed by atoms with Crippen LogP contribution in [0.25, 0.3) is 0 Å². The normalized spacial score (nSPS) is 24.2. The number of nitrogens with two attached hydrogens (primary N) is 1. The van der Waals surface area contributed by atoms with Gasteiger partial charge in [-0.1, -0.05) is 41.5 Å². The molecule has 0 radical (unpaired) electrons. The van der Waals surface area contributed by atoms with Crippen LogP contribution >= 0.6 is 0 Å². The summed E-state index contributed by atoms with van der Waals surface area (Å²) in [5.41, 5.74) is 3.00. The highest BCUT2D eigenvalue weighted by Gasteiger charge is 2.60. The fourth-order valence-electron chi connectivity index (χ4n) is 3.63. The van der Waals surface area contributed by atoms with Crippen molar-refractivity contribution in [3.63, 3.8) is 0 Å². The smallest absolute Gasteiger partial charge is 0.350 e. The van der Waals surface area contributed by atoms with Crippen molar-refractivity contribution in [2.45, 2.75) is 65.7 Å². The Kier molecular flexibility index (Phi) is 8.42. The predicted molar refractivity (Wildman–Crippen MR) is 120 cm³/mol. The van der Waals surface area contributed by atoms with Crippen LogP contribution in [0.4, 0.5) is 5.82 Å². The largest absolute Gasteiger partial charge is 0.465 e. The first-order valence-electron chi connectivity index (χ1n) is 11.2. The van der Waals surface area contributed by atoms with Crippen molar-refractivity contribution in [1.29, 1.82) is 5.26 Å². The number of aromatic nitrogens is 2. The third-order valence-corrected chi connectivity index (χ3v) is 5.60. The average Bonchev–Trinajstić information content (AvgIpc) is 3.04. The minimum atomic E-state index is -1.78. The summed E-state index contributed by atoms with van der Waals surface area (Å²) in [6.45, 7) is 9.61. The second-order valence-corrected chi connectivity index (χ2v) is 9.36. The van der Waals surface area contributed by atoms with Crippen molar-refractivity contribution in [3.05, 3.63) is 22.7 Å². The molecule has 0 aliphatic heterocycles. The number of hydrogen-bond acceptors (Lipinski definition) is 10. The molecule has 1 saturated carbocycles. The third-order valence-electron chi connectivity index (χ3n) is 5.60. The fraction of sp³-hybridized carbons (Fsp3) is 0.652. The monoisotopic (exact) mass is 476 g/mol. The Hall–Kier alpha value is -3.42. The quantitative estimate of drug-likeness (QED) is 0.428. The highest BCUT2D eigenvalue weighted by molar-refractivity contribution is 5.73. The average molecular weight is 477 g/mol. The van der Waals surface area contributed by atoms with E-state index in [2.05, 4.69) is 11.1 Å². The maximum atomic E-state index is 12.7. The lowest BCUT2D eigenvalue weighted by molar-refractivity contribution is -0.177. The molecule has 34 heavy (non-hydrogen) atoms. The second-order valence-electron chi connectivity index (χ2n) is 9.36. The molecular formula is C23H32N4O7. The number of hydrogen-bond donors (Lipinski definition) is 1. The van der Waals surface area contributed by atoms with E-state index in [1.165, 1.54) is 12.3 Å². The number of esters is 3. The van der Waals surface area contributed by atoms with Gasteiger partial charge in [0.05, 0.1) is 30.4 Å². The first kappa shape index (κ1) is 26.8. The number of rotatable bonds is 8. The summed E-state index contributed by atoms with van der Waals surface area (Å²) in [6.07, 6.45) is -1.33. The van der Waals surface area contributed by atoms with Gasteiger partial charge in [0.1, 0.15) is 11.9 Å². The van der Waals surface area contributed by atoms with E-state index in [1.807, 2.05) is 0 Å². The molecule has 1 heterocycles. The van der Waals surface area contributed by atoms with Gasteiger partial charge in [-0.05, 0) is 12.5 Å². The van der Waals surface area contributed by atoms with Gasteiger partial charge in [0.25, 0.3) is 0 Å². The zero-order valence-electron chi connectivity index (χ0n) is 20.3. The van der Waals surface area contributed by atoms with Gasteiger partial charge in [0.15, 0.2) is 11.6 Å². The van der Waals surface area contributed by atoms with Gasteiger partial charge in [-0.3, -0.25) is 19.0 Å². The van der Waals surface area contributed by atoms with E-state index in [0.717, 1.165) is 4.57 Å². The summed E-state index contributed by atoms with van der Waals surface area (Å²) in [6, 6.07) is 3.43. The molecule has 0 saturated heterocycles. The van der Waals surface area contributed by atoms with E-state index >= 15 is 0 Å². The number of carbonyl (C=O) groups is 3. The van der Waals surface area contributed by atoms with Gasteiger partial charge >= 0.3 is 23.6 Å². The molecule has 2 N–H and O–H groups in total. The molecule has 2 rings (SSSR count). The summed E-state index contributed by atoms with van der Waals surface area (Å²) >= 11 is 0. The highest BCUT2D eigenvalue weighted by atomic mass is 16.6. The molecular weight excluding hydrogens is 444 g/mol. The molecule has 0 bridgehead atoms. The van der Waals surface area contributed by atoms with Crippen molar-refractivity contribution < 1.29 is 28.6 Å². The molecule has 1 aliphatic carbocycles. The van der Waals surface area contributed by atoms with Crippen molar-refractivity contribution in [1.82, 2.24) is 9.55 Å². The van der Waals surface area contributed by atoms with Crippen LogP contribution in [0.5, 0.6) is 0 Å². The molecule has 1 aromatic rings. The van der Waals surface area contributed by atoms with Crippen molar-refractivity contribution in [2.75, 3.05) is 12.3 Å². The van der Waals surface area contributed by atoms with Gasteiger partial charge in [0, 0.05) is 12.1 Å². The summed E-state index contributed by atoms with van der Waals surface area (Å²) in [5.74, 6) is -3.98. The van der Waals surface area contributed by atoms with E-state index in [9.17, 15) is 24.4 Å². The minimum Gasteiger partial charge on any atom is -0.465 e. The molecule has 2 unspecified atom stereocenters. The lowest BCUT2D eigenvalue weighted by Gasteiger charge is -2.32. The highest BCUT2D eigenvalue weighted by Crippen LogP contribution is 2.44. The first-order chi connectivity index (χ1) is 15.8. The van der Waals surface area contributed by atoms with Crippen LogP contribution in [-0.2, 0) is 34.1 Å². The molecule has 1 aromatic heterocycles. The number of nitrogen functional groups attached to an aromatic ring is 1.